The molecule has 3 nitrogen and oxygen atoms in total. The zero-order valence-electron chi connectivity index (χ0n) is 12.6. The van der Waals surface area contributed by atoms with Gasteiger partial charge in [-0.15, -0.1) is 0 Å². The first kappa shape index (κ1) is 14.6. The van der Waals surface area contributed by atoms with Crippen molar-refractivity contribution < 1.29 is 4.74 Å². The van der Waals surface area contributed by atoms with Crippen molar-refractivity contribution >= 4 is 0 Å². The quantitative estimate of drug-likeness (QED) is 0.766. The van der Waals surface area contributed by atoms with Gasteiger partial charge in [0.15, 0.2) is 0 Å². The molecule has 1 atom stereocenters. The Hall–Kier alpha value is -0.800. The number of fused-ring (bicyclic) bond motifs is 1. The highest BCUT2D eigenvalue weighted by molar-refractivity contribution is 5.30. The maximum absolute atomic E-state index is 5.70. The average Bonchev–Trinajstić information content (AvgIpc) is 2.80. The molecule has 19 heavy (non-hydrogen) atoms. The van der Waals surface area contributed by atoms with Crippen molar-refractivity contribution in [3.05, 3.63) is 23.5 Å². The standard InChI is InChI=1S/C16H28N2O/c1-13(2)7-9-19-10-8-18-11-14-5-4-6-16(17-3)15(14)12-18/h11-13,16-17H,4-10H2,1-3H3. The Kier molecular flexibility index (Phi) is 5.46. The molecule has 3 heteroatoms. The monoisotopic (exact) mass is 264 g/mol. The van der Waals surface area contributed by atoms with E-state index in [2.05, 4.69) is 43.2 Å². The van der Waals surface area contributed by atoms with Gasteiger partial charge in [0.2, 0.25) is 0 Å². The van der Waals surface area contributed by atoms with Crippen LogP contribution >= 0.6 is 0 Å². The Morgan fingerprint density at radius 2 is 2.21 bits per heavy atom. The van der Waals surface area contributed by atoms with Crippen LogP contribution in [-0.2, 0) is 17.7 Å². The molecule has 1 unspecified atom stereocenters. The van der Waals surface area contributed by atoms with E-state index >= 15 is 0 Å². The molecule has 0 radical (unpaired) electrons. The Morgan fingerprint density at radius 3 is 2.95 bits per heavy atom. The second kappa shape index (κ2) is 7.11. The number of hydrogen-bond acceptors (Lipinski definition) is 2. The maximum Gasteiger partial charge on any atom is 0.0645 e. The molecule has 2 rings (SSSR count). The highest BCUT2D eigenvalue weighted by Gasteiger charge is 2.20. The Bertz CT molecular complexity index is 384. The van der Waals surface area contributed by atoms with Gasteiger partial charge in [-0.05, 0) is 49.8 Å². The van der Waals surface area contributed by atoms with E-state index in [1.165, 1.54) is 30.4 Å². The molecule has 0 spiro atoms. The molecule has 0 bridgehead atoms. The second-order valence-electron chi connectivity index (χ2n) is 6.00. The molecular weight excluding hydrogens is 236 g/mol. The van der Waals surface area contributed by atoms with Crippen molar-refractivity contribution in [1.29, 1.82) is 0 Å². The molecule has 1 heterocycles. The van der Waals surface area contributed by atoms with Gasteiger partial charge in [-0.1, -0.05) is 13.8 Å². The topological polar surface area (TPSA) is 26.2 Å². The van der Waals surface area contributed by atoms with Gasteiger partial charge in [0.25, 0.3) is 0 Å². The number of aromatic nitrogens is 1. The van der Waals surface area contributed by atoms with Gasteiger partial charge in [-0.2, -0.15) is 0 Å². The van der Waals surface area contributed by atoms with Crippen LogP contribution in [0.1, 0.15) is 50.3 Å². The van der Waals surface area contributed by atoms with Crippen molar-refractivity contribution in [2.24, 2.45) is 5.92 Å². The van der Waals surface area contributed by atoms with Gasteiger partial charge in [0, 0.05) is 31.6 Å². The molecule has 1 aliphatic carbocycles. The lowest BCUT2D eigenvalue weighted by atomic mass is 9.91. The van der Waals surface area contributed by atoms with E-state index in [-0.39, 0.29) is 0 Å². The molecule has 1 aliphatic rings. The summed E-state index contributed by atoms with van der Waals surface area (Å²) in [7, 11) is 2.06. The summed E-state index contributed by atoms with van der Waals surface area (Å²) in [5.41, 5.74) is 3.02. The first-order chi connectivity index (χ1) is 9.20. The summed E-state index contributed by atoms with van der Waals surface area (Å²) < 4.78 is 8.00. The molecule has 0 saturated carbocycles. The third-order valence-corrected chi connectivity index (χ3v) is 3.99. The smallest absolute Gasteiger partial charge is 0.0645 e. The van der Waals surface area contributed by atoms with Gasteiger partial charge in [0.1, 0.15) is 0 Å². The van der Waals surface area contributed by atoms with E-state index < -0.39 is 0 Å². The third-order valence-electron chi connectivity index (χ3n) is 3.99. The van der Waals surface area contributed by atoms with Crippen molar-refractivity contribution in [2.75, 3.05) is 20.3 Å². The van der Waals surface area contributed by atoms with Crippen LogP contribution in [0.25, 0.3) is 0 Å². The van der Waals surface area contributed by atoms with Crippen LogP contribution in [0.5, 0.6) is 0 Å². The number of nitrogens with one attached hydrogen (secondary N) is 1. The fraction of sp³-hybridized carbons (Fsp3) is 0.750. The summed E-state index contributed by atoms with van der Waals surface area (Å²) in [4.78, 5) is 0. The van der Waals surface area contributed by atoms with Crippen LogP contribution in [0.3, 0.4) is 0 Å². The normalized spacial score (nSPS) is 18.8. The van der Waals surface area contributed by atoms with Crippen molar-refractivity contribution in [2.45, 2.75) is 52.1 Å². The van der Waals surface area contributed by atoms with Gasteiger partial charge in [-0.25, -0.2) is 0 Å². The van der Waals surface area contributed by atoms with Gasteiger partial charge in [-0.3, -0.25) is 0 Å². The van der Waals surface area contributed by atoms with Crippen LogP contribution < -0.4 is 5.32 Å². The lowest BCUT2D eigenvalue weighted by Gasteiger charge is -2.21. The minimum Gasteiger partial charge on any atom is -0.380 e. The zero-order valence-corrected chi connectivity index (χ0v) is 12.6. The fourth-order valence-corrected chi connectivity index (χ4v) is 2.77. The molecule has 0 aromatic carbocycles. The predicted molar refractivity (Wildman–Crippen MR) is 79.4 cm³/mol. The molecule has 0 aliphatic heterocycles. The SMILES string of the molecule is CNC1CCCc2cn(CCOCCC(C)C)cc21. The Morgan fingerprint density at radius 1 is 1.37 bits per heavy atom. The summed E-state index contributed by atoms with van der Waals surface area (Å²) in [6, 6.07) is 0.548. The van der Waals surface area contributed by atoms with E-state index in [1.54, 1.807) is 0 Å². The van der Waals surface area contributed by atoms with Crippen LogP contribution in [0.15, 0.2) is 12.4 Å². The van der Waals surface area contributed by atoms with Gasteiger partial charge in [0.05, 0.1) is 6.61 Å². The summed E-state index contributed by atoms with van der Waals surface area (Å²) in [6.07, 6.45) is 9.57. The molecule has 1 aromatic heterocycles. The molecule has 108 valence electrons. The first-order valence-electron chi connectivity index (χ1n) is 7.64. The van der Waals surface area contributed by atoms with Crippen LogP contribution in [-0.4, -0.2) is 24.8 Å². The van der Waals surface area contributed by atoms with Crippen molar-refractivity contribution in [1.82, 2.24) is 9.88 Å². The maximum atomic E-state index is 5.70. The minimum atomic E-state index is 0.548. The molecule has 1 aromatic rings. The number of rotatable bonds is 7. The lowest BCUT2D eigenvalue weighted by Crippen LogP contribution is -2.20. The Labute approximate surface area is 117 Å². The average molecular weight is 264 g/mol. The summed E-state index contributed by atoms with van der Waals surface area (Å²) in [5, 5.41) is 3.42. The largest absolute Gasteiger partial charge is 0.380 e. The third kappa shape index (κ3) is 4.08. The zero-order chi connectivity index (χ0) is 13.7. The molecule has 0 amide bonds. The highest BCUT2D eigenvalue weighted by atomic mass is 16.5. The van der Waals surface area contributed by atoms with Crippen LogP contribution in [0.2, 0.25) is 0 Å². The summed E-state index contributed by atoms with van der Waals surface area (Å²) >= 11 is 0. The minimum absolute atomic E-state index is 0.548. The van der Waals surface area contributed by atoms with Crippen LogP contribution in [0, 0.1) is 5.92 Å². The van der Waals surface area contributed by atoms with E-state index in [1.807, 2.05) is 0 Å². The van der Waals surface area contributed by atoms with Gasteiger partial charge >= 0.3 is 0 Å². The van der Waals surface area contributed by atoms with Crippen LogP contribution in [0.4, 0.5) is 0 Å². The highest BCUT2D eigenvalue weighted by Crippen LogP contribution is 2.29. The fourth-order valence-electron chi connectivity index (χ4n) is 2.77. The molecule has 0 saturated heterocycles. The van der Waals surface area contributed by atoms with Crippen molar-refractivity contribution in [3.63, 3.8) is 0 Å². The number of ether oxygens (including phenoxy) is 1. The molecule has 1 N–H and O–H groups in total. The lowest BCUT2D eigenvalue weighted by molar-refractivity contribution is 0.116. The van der Waals surface area contributed by atoms with E-state index in [9.17, 15) is 0 Å². The first-order valence-corrected chi connectivity index (χ1v) is 7.64. The van der Waals surface area contributed by atoms with E-state index in [4.69, 9.17) is 4.74 Å². The van der Waals surface area contributed by atoms with E-state index in [0.717, 1.165) is 32.1 Å². The van der Waals surface area contributed by atoms with E-state index in [0.29, 0.717) is 6.04 Å². The second-order valence-corrected chi connectivity index (χ2v) is 6.00. The number of hydrogen-bond donors (Lipinski definition) is 1. The predicted octanol–water partition coefficient (Wildman–Crippen LogP) is 3.15. The van der Waals surface area contributed by atoms with Crippen molar-refractivity contribution in [3.8, 4) is 0 Å². The van der Waals surface area contributed by atoms with Gasteiger partial charge < -0.3 is 14.6 Å². The summed E-state index contributed by atoms with van der Waals surface area (Å²) in [6.45, 7) is 7.16. The number of aryl methyl sites for hydroxylation is 1. The molecular formula is C16H28N2O. The molecule has 0 fully saturated rings. The number of nitrogens with zero attached hydrogens (tertiary/aromatic N) is 1. The summed E-state index contributed by atoms with van der Waals surface area (Å²) in [5.74, 6) is 0.732. The Balaban J connectivity index is 1.80.